The minimum Gasteiger partial charge on any atom is -0.494 e. The largest absolute Gasteiger partial charge is 0.494 e. The lowest BCUT2D eigenvalue weighted by atomic mass is 10.1. The number of nitrogens with two attached hydrogens (primary N) is 1. The first kappa shape index (κ1) is 14.0. The Balaban J connectivity index is 2.45. The van der Waals surface area contributed by atoms with Gasteiger partial charge in [0.05, 0.1) is 12.3 Å². The van der Waals surface area contributed by atoms with Gasteiger partial charge >= 0.3 is 0 Å². The van der Waals surface area contributed by atoms with Gasteiger partial charge in [0, 0.05) is 6.42 Å². The fourth-order valence-corrected chi connectivity index (χ4v) is 1.37. The van der Waals surface area contributed by atoms with E-state index in [-0.39, 0.29) is 5.91 Å². The van der Waals surface area contributed by atoms with Crippen LogP contribution in [0.1, 0.15) is 25.3 Å². The van der Waals surface area contributed by atoms with Gasteiger partial charge in [-0.3, -0.25) is 10.0 Å². The molecule has 0 aliphatic carbocycles. The molecule has 0 radical (unpaired) electrons. The molecular weight excluding hydrogens is 234 g/mol. The number of carbonyl (C=O) groups excluding carboxylic acids is 1. The molecule has 0 aliphatic heterocycles. The predicted octanol–water partition coefficient (Wildman–Crippen LogP) is 1.03. The maximum absolute atomic E-state index is 10.5. The zero-order valence-corrected chi connectivity index (χ0v) is 10.2. The first-order valence-corrected chi connectivity index (χ1v) is 5.58. The summed E-state index contributed by atoms with van der Waals surface area (Å²) in [7, 11) is 0. The number of primary amides is 1. The molecule has 1 rings (SSSR count). The van der Waals surface area contributed by atoms with Gasteiger partial charge in [-0.05, 0) is 43.2 Å². The number of ether oxygens (including phenoxy) is 1. The zero-order chi connectivity index (χ0) is 13.4. The van der Waals surface area contributed by atoms with E-state index in [0.717, 1.165) is 5.56 Å². The van der Waals surface area contributed by atoms with Gasteiger partial charge in [0.1, 0.15) is 5.75 Å². The van der Waals surface area contributed by atoms with Gasteiger partial charge in [-0.1, -0.05) is 0 Å². The van der Waals surface area contributed by atoms with Crippen molar-refractivity contribution < 1.29 is 14.7 Å². The number of amides is 1. The maximum Gasteiger partial charge on any atom is 0.217 e. The standard InChI is InChI=1S/C12H17N3O3/c1-9(14-15-17)10-4-6-11(7-5-10)18-8-2-3-12(13)16/h4-7,15,17H,2-3,8H2,1H3,(H2,13,16)/b14-9+. The van der Waals surface area contributed by atoms with Crippen molar-refractivity contribution in [1.29, 1.82) is 0 Å². The second-order valence-electron chi connectivity index (χ2n) is 3.74. The molecule has 98 valence electrons. The lowest BCUT2D eigenvalue weighted by Gasteiger charge is -2.06. The average Bonchev–Trinajstić information content (AvgIpc) is 2.35. The molecule has 1 aromatic carbocycles. The first-order chi connectivity index (χ1) is 8.63. The minimum atomic E-state index is -0.322. The Kier molecular flexibility index (Phi) is 5.66. The Morgan fingerprint density at radius 1 is 1.44 bits per heavy atom. The van der Waals surface area contributed by atoms with Crippen molar-refractivity contribution >= 4 is 11.6 Å². The highest BCUT2D eigenvalue weighted by atomic mass is 16.5. The van der Waals surface area contributed by atoms with Crippen LogP contribution in [0.15, 0.2) is 29.4 Å². The first-order valence-electron chi connectivity index (χ1n) is 5.58. The average molecular weight is 251 g/mol. The number of nitrogens with zero attached hydrogens (tertiary/aromatic N) is 1. The Labute approximate surface area is 105 Å². The molecule has 0 fully saturated rings. The van der Waals surface area contributed by atoms with Gasteiger partial charge in [-0.25, -0.2) is 0 Å². The Bertz CT molecular complexity index is 415. The lowest BCUT2D eigenvalue weighted by molar-refractivity contribution is -0.118. The summed E-state index contributed by atoms with van der Waals surface area (Å²) in [5.41, 5.74) is 8.31. The van der Waals surface area contributed by atoms with Crippen LogP contribution in [0.25, 0.3) is 0 Å². The summed E-state index contributed by atoms with van der Waals surface area (Å²) in [6, 6.07) is 7.27. The smallest absolute Gasteiger partial charge is 0.217 e. The summed E-state index contributed by atoms with van der Waals surface area (Å²) in [6.07, 6.45) is 0.929. The third-order valence-corrected chi connectivity index (χ3v) is 2.33. The molecule has 0 saturated carbocycles. The van der Waals surface area contributed by atoms with Gasteiger partial charge in [0.25, 0.3) is 0 Å². The van der Waals surface area contributed by atoms with Crippen LogP contribution in [0.3, 0.4) is 0 Å². The van der Waals surface area contributed by atoms with Crippen LogP contribution in [0.4, 0.5) is 0 Å². The van der Waals surface area contributed by atoms with E-state index in [1.54, 1.807) is 24.6 Å². The van der Waals surface area contributed by atoms with E-state index in [1.165, 1.54) is 0 Å². The molecule has 1 aromatic rings. The van der Waals surface area contributed by atoms with Gasteiger partial charge in [0.15, 0.2) is 0 Å². The number of rotatable bonds is 7. The zero-order valence-electron chi connectivity index (χ0n) is 10.2. The van der Waals surface area contributed by atoms with E-state index >= 15 is 0 Å². The fourth-order valence-electron chi connectivity index (χ4n) is 1.37. The van der Waals surface area contributed by atoms with Gasteiger partial charge in [-0.15, -0.1) is 0 Å². The van der Waals surface area contributed by atoms with Gasteiger partial charge < -0.3 is 10.5 Å². The summed E-state index contributed by atoms with van der Waals surface area (Å²) in [6.45, 7) is 2.22. The summed E-state index contributed by atoms with van der Waals surface area (Å²) < 4.78 is 5.44. The van der Waals surface area contributed by atoms with Gasteiger partial charge in [-0.2, -0.15) is 10.7 Å². The number of hydrogen-bond acceptors (Lipinski definition) is 5. The van der Waals surface area contributed by atoms with Crippen LogP contribution in [-0.4, -0.2) is 23.4 Å². The molecule has 0 bridgehead atoms. The van der Waals surface area contributed by atoms with Crippen LogP contribution in [0.5, 0.6) is 5.75 Å². The topological polar surface area (TPSA) is 96.9 Å². The summed E-state index contributed by atoms with van der Waals surface area (Å²) >= 11 is 0. The van der Waals surface area contributed by atoms with E-state index in [9.17, 15) is 4.79 Å². The van der Waals surface area contributed by atoms with E-state index < -0.39 is 0 Å². The predicted molar refractivity (Wildman–Crippen MR) is 67.5 cm³/mol. The number of benzene rings is 1. The SMILES string of the molecule is C/C(=N\NO)c1ccc(OCCCC(N)=O)cc1. The number of nitrogens with one attached hydrogen (secondary N) is 1. The van der Waals surface area contributed by atoms with E-state index in [0.29, 0.717) is 30.9 Å². The van der Waals surface area contributed by atoms with Crippen LogP contribution in [0, 0.1) is 0 Å². The third kappa shape index (κ3) is 4.84. The van der Waals surface area contributed by atoms with Gasteiger partial charge in [0.2, 0.25) is 5.91 Å². The number of hydrogen-bond donors (Lipinski definition) is 3. The van der Waals surface area contributed by atoms with Crippen LogP contribution in [0.2, 0.25) is 0 Å². The fraction of sp³-hybridized carbons (Fsp3) is 0.333. The Hall–Kier alpha value is -2.08. The second-order valence-corrected chi connectivity index (χ2v) is 3.74. The lowest BCUT2D eigenvalue weighted by Crippen LogP contribution is -2.11. The molecule has 0 aliphatic rings. The normalized spacial score (nSPS) is 11.1. The van der Waals surface area contributed by atoms with Crippen molar-refractivity contribution in [1.82, 2.24) is 5.59 Å². The molecule has 0 atom stereocenters. The maximum atomic E-state index is 10.5. The molecule has 0 heterocycles. The van der Waals surface area contributed by atoms with Crippen molar-refractivity contribution in [2.75, 3.05) is 6.61 Å². The molecule has 6 heteroatoms. The Morgan fingerprint density at radius 2 is 2.11 bits per heavy atom. The highest BCUT2D eigenvalue weighted by molar-refractivity contribution is 5.98. The van der Waals surface area contributed by atoms with E-state index in [4.69, 9.17) is 15.7 Å². The molecule has 4 N–H and O–H groups in total. The third-order valence-electron chi connectivity index (χ3n) is 2.33. The molecule has 0 spiro atoms. The summed E-state index contributed by atoms with van der Waals surface area (Å²) in [5, 5.41) is 12.1. The monoisotopic (exact) mass is 251 g/mol. The summed E-state index contributed by atoms with van der Waals surface area (Å²) in [5.74, 6) is 0.394. The highest BCUT2D eigenvalue weighted by Gasteiger charge is 1.99. The van der Waals surface area contributed by atoms with Crippen molar-refractivity contribution in [3.63, 3.8) is 0 Å². The Morgan fingerprint density at radius 3 is 2.67 bits per heavy atom. The van der Waals surface area contributed by atoms with E-state index in [1.807, 2.05) is 12.1 Å². The molecular formula is C12H17N3O3. The van der Waals surface area contributed by atoms with Crippen molar-refractivity contribution in [2.45, 2.75) is 19.8 Å². The van der Waals surface area contributed by atoms with Crippen LogP contribution >= 0.6 is 0 Å². The van der Waals surface area contributed by atoms with Crippen LogP contribution in [-0.2, 0) is 4.79 Å². The second kappa shape index (κ2) is 7.29. The van der Waals surface area contributed by atoms with Crippen molar-refractivity contribution in [2.24, 2.45) is 10.8 Å². The highest BCUT2D eigenvalue weighted by Crippen LogP contribution is 2.13. The molecule has 1 amide bonds. The number of hydrazone groups is 1. The van der Waals surface area contributed by atoms with Crippen LogP contribution < -0.4 is 16.1 Å². The molecule has 0 aromatic heterocycles. The minimum absolute atomic E-state index is 0.322. The molecule has 0 saturated heterocycles. The van der Waals surface area contributed by atoms with Crippen molar-refractivity contribution in [3.8, 4) is 5.75 Å². The van der Waals surface area contributed by atoms with E-state index in [2.05, 4.69) is 5.10 Å². The molecule has 0 unspecified atom stereocenters. The summed E-state index contributed by atoms with van der Waals surface area (Å²) in [4.78, 5) is 10.5. The number of carbonyl (C=O) groups is 1. The quantitative estimate of drug-likeness (QED) is 0.383. The van der Waals surface area contributed by atoms with Crippen molar-refractivity contribution in [3.05, 3.63) is 29.8 Å². The molecule has 18 heavy (non-hydrogen) atoms. The molecule has 6 nitrogen and oxygen atoms in total.